The Balaban J connectivity index is 1.98. The maximum absolute atomic E-state index is 5.43. The van der Waals surface area contributed by atoms with Crippen LogP contribution in [0.3, 0.4) is 0 Å². The Labute approximate surface area is 109 Å². The van der Waals surface area contributed by atoms with E-state index in [1.165, 1.54) is 25.7 Å². The molecule has 0 bridgehead atoms. The monoisotopic (exact) mass is 249 g/mol. The first-order valence-corrected chi connectivity index (χ1v) is 6.90. The van der Waals surface area contributed by atoms with E-state index in [0.29, 0.717) is 5.82 Å². The minimum Gasteiger partial charge on any atom is -0.370 e. The Morgan fingerprint density at radius 2 is 2.00 bits per heavy atom. The summed E-state index contributed by atoms with van der Waals surface area (Å²) in [5.41, 5.74) is 2.60. The zero-order valence-electron chi connectivity index (χ0n) is 11.1. The van der Waals surface area contributed by atoms with Gasteiger partial charge in [0.25, 0.3) is 0 Å². The SMILES string of the molecule is CCCc1nc(NN)cc(NCC2CCCC2)n1. The average Bonchev–Trinajstić information content (AvgIpc) is 2.89. The summed E-state index contributed by atoms with van der Waals surface area (Å²) in [7, 11) is 0. The van der Waals surface area contributed by atoms with Gasteiger partial charge in [-0.1, -0.05) is 19.8 Å². The third-order valence-electron chi connectivity index (χ3n) is 3.44. The topological polar surface area (TPSA) is 75.9 Å². The van der Waals surface area contributed by atoms with E-state index in [4.69, 9.17) is 5.84 Å². The first kappa shape index (κ1) is 13.1. The molecule has 1 aliphatic rings. The summed E-state index contributed by atoms with van der Waals surface area (Å²) in [6.07, 6.45) is 7.33. The van der Waals surface area contributed by atoms with Crippen molar-refractivity contribution in [1.82, 2.24) is 9.97 Å². The van der Waals surface area contributed by atoms with Crippen LogP contribution in [0.4, 0.5) is 11.6 Å². The molecule has 0 saturated heterocycles. The summed E-state index contributed by atoms with van der Waals surface area (Å²) in [5, 5.41) is 3.41. The number of anilines is 2. The van der Waals surface area contributed by atoms with Gasteiger partial charge in [-0.05, 0) is 25.2 Å². The van der Waals surface area contributed by atoms with E-state index in [1.807, 2.05) is 6.07 Å². The highest BCUT2D eigenvalue weighted by molar-refractivity contribution is 5.46. The highest BCUT2D eigenvalue weighted by Gasteiger charge is 2.14. The number of rotatable bonds is 6. The molecule has 1 aromatic heterocycles. The molecule has 0 aromatic carbocycles. The van der Waals surface area contributed by atoms with E-state index in [1.54, 1.807) is 0 Å². The summed E-state index contributed by atoms with van der Waals surface area (Å²) in [6.45, 7) is 3.13. The van der Waals surface area contributed by atoms with Crippen molar-refractivity contribution in [3.05, 3.63) is 11.9 Å². The lowest BCUT2D eigenvalue weighted by molar-refractivity contribution is 0.578. The van der Waals surface area contributed by atoms with Crippen LogP contribution in [0.15, 0.2) is 6.07 Å². The van der Waals surface area contributed by atoms with Gasteiger partial charge < -0.3 is 10.7 Å². The first-order valence-electron chi connectivity index (χ1n) is 6.90. The molecule has 1 aromatic rings. The van der Waals surface area contributed by atoms with Gasteiger partial charge in [0.15, 0.2) is 0 Å². The fraction of sp³-hybridized carbons (Fsp3) is 0.692. The Kier molecular flexibility index (Phi) is 4.75. The predicted molar refractivity (Wildman–Crippen MR) is 74.3 cm³/mol. The van der Waals surface area contributed by atoms with Crippen molar-refractivity contribution >= 4 is 11.6 Å². The van der Waals surface area contributed by atoms with Gasteiger partial charge in [0.05, 0.1) is 0 Å². The second kappa shape index (κ2) is 6.54. The molecule has 1 fully saturated rings. The second-order valence-electron chi connectivity index (χ2n) is 4.98. The summed E-state index contributed by atoms with van der Waals surface area (Å²) in [5.74, 6) is 8.64. The van der Waals surface area contributed by atoms with Gasteiger partial charge in [-0.2, -0.15) is 0 Å². The Hall–Kier alpha value is -1.36. The summed E-state index contributed by atoms with van der Waals surface area (Å²) in [6, 6.07) is 1.87. The van der Waals surface area contributed by atoms with Crippen LogP contribution in [-0.2, 0) is 6.42 Å². The summed E-state index contributed by atoms with van der Waals surface area (Å²) < 4.78 is 0. The maximum Gasteiger partial charge on any atom is 0.145 e. The number of hydrogen-bond acceptors (Lipinski definition) is 5. The minimum atomic E-state index is 0.683. The van der Waals surface area contributed by atoms with E-state index >= 15 is 0 Å². The van der Waals surface area contributed by atoms with Crippen LogP contribution in [0.2, 0.25) is 0 Å². The van der Waals surface area contributed by atoms with Gasteiger partial charge in [0, 0.05) is 19.0 Å². The smallest absolute Gasteiger partial charge is 0.145 e. The van der Waals surface area contributed by atoms with Crippen LogP contribution in [0.25, 0.3) is 0 Å². The second-order valence-corrected chi connectivity index (χ2v) is 4.98. The number of nitrogens with two attached hydrogens (primary N) is 1. The third kappa shape index (κ3) is 3.57. The highest BCUT2D eigenvalue weighted by Crippen LogP contribution is 2.25. The van der Waals surface area contributed by atoms with Gasteiger partial charge in [-0.15, -0.1) is 0 Å². The van der Waals surface area contributed by atoms with E-state index in [-0.39, 0.29) is 0 Å². The molecule has 0 aliphatic heterocycles. The number of aromatic nitrogens is 2. The number of aryl methyl sites for hydroxylation is 1. The third-order valence-corrected chi connectivity index (χ3v) is 3.44. The van der Waals surface area contributed by atoms with Crippen molar-refractivity contribution in [3.8, 4) is 0 Å². The molecule has 100 valence electrons. The molecular formula is C13H23N5. The van der Waals surface area contributed by atoms with Crippen LogP contribution in [0.1, 0.15) is 44.9 Å². The first-order chi connectivity index (χ1) is 8.81. The lowest BCUT2D eigenvalue weighted by Gasteiger charge is -2.12. The molecule has 0 atom stereocenters. The highest BCUT2D eigenvalue weighted by atomic mass is 15.3. The normalized spacial score (nSPS) is 15.9. The van der Waals surface area contributed by atoms with E-state index in [0.717, 1.165) is 36.9 Å². The predicted octanol–water partition coefficient (Wildman–Crippen LogP) is 2.32. The molecule has 0 amide bonds. The number of hydrazine groups is 1. The van der Waals surface area contributed by atoms with E-state index in [9.17, 15) is 0 Å². The molecule has 2 rings (SSSR count). The molecule has 18 heavy (non-hydrogen) atoms. The molecule has 0 unspecified atom stereocenters. The van der Waals surface area contributed by atoms with Crippen LogP contribution in [0, 0.1) is 5.92 Å². The number of nitrogen functional groups attached to an aromatic ring is 1. The number of nitrogens with one attached hydrogen (secondary N) is 2. The van der Waals surface area contributed by atoms with Gasteiger partial charge in [-0.3, -0.25) is 0 Å². The van der Waals surface area contributed by atoms with Crippen LogP contribution in [0.5, 0.6) is 0 Å². The van der Waals surface area contributed by atoms with Crippen molar-refractivity contribution in [2.24, 2.45) is 11.8 Å². The van der Waals surface area contributed by atoms with Crippen molar-refractivity contribution in [2.45, 2.75) is 45.4 Å². The molecule has 5 heteroatoms. The minimum absolute atomic E-state index is 0.683. The van der Waals surface area contributed by atoms with Gasteiger partial charge in [0.2, 0.25) is 0 Å². The summed E-state index contributed by atoms with van der Waals surface area (Å²) in [4.78, 5) is 8.85. The van der Waals surface area contributed by atoms with Gasteiger partial charge in [0.1, 0.15) is 17.5 Å². The maximum atomic E-state index is 5.43. The fourth-order valence-corrected chi connectivity index (χ4v) is 2.46. The van der Waals surface area contributed by atoms with Gasteiger partial charge in [-0.25, -0.2) is 15.8 Å². The molecule has 0 radical (unpaired) electrons. The van der Waals surface area contributed by atoms with Crippen molar-refractivity contribution < 1.29 is 0 Å². The molecule has 1 heterocycles. The van der Waals surface area contributed by atoms with E-state index in [2.05, 4.69) is 27.6 Å². The fourth-order valence-electron chi connectivity index (χ4n) is 2.46. The molecule has 5 nitrogen and oxygen atoms in total. The molecule has 4 N–H and O–H groups in total. The van der Waals surface area contributed by atoms with Crippen LogP contribution in [-0.4, -0.2) is 16.5 Å². The molecule has 1 aliphatic carbocycles. The largest absolute Gasteiger partial charge is 0.370 e. The van der Waals surface area contributed by atoms with Crippen LogP contribution >= 0.6 is 0 Å². The Morgan fingerprint density at radius 1 is 1.28 bits per heavy atom. The number of nitrogens with zero attached hydrogens (tertiary/aromatic N) is 2. The molecular weight excluding hydrogens is 226 g/mol. The molecule has 1 saturated carbocycles. The van der Waals surface area contributed by atoms with Crippen molar-refractivity contribution in [3.63, 3.8) is 0 Å². The Morgan fingerprint density at radius 3 is 2.67 bits per heavy atom. The Bertz CT molecular complexity index is 374. The van der Waals surface area contributed by atoms with E-state index < -0.39 is 0 Å². The zero-order valence-corrected chi connectivity index (χ0v) is 11.1. The van der Waals surface area contributed by atoms with Crippen molar-refractivity contribution in [2.75, 3.05) is 17.3 Å². The van der Waals surface area contributed by atoms with Crippen molar-refractivity contribution in [1.29, 1.82) is 0 Å². The van der Waals surface area contributed by atoms with Gasteiger partial charge >= 0.3 is 0 Å². The lowest BCUT2D eigenvalue weighted by atomic mass is 10.1. The summed E-state index contributed by atoms with van der Waals surface area (Å²) >= 11 is 0. The van der Waals surface area contributed by atoms with Crippen LogP contribution < -0.4 is 16.6 Å². The number of hydrogen-bond donors (Lipinski definition) is 3. The average molecular weight is 249 g/mol. The standard InChI is InChI=1S/C13H23N5/c1-2-5-11-16-12(8-13(17-11)18-14)15-9-10-6-3-4-7-10/h8,10H,2-7,9,14H2,1H3,(H2,15,16,17,18). The molecule has 0 spiro atoms. The zero-order chi connectivity index (χ0) is 12.8. The quantitative estimate of drug-likeness (QED) is 0.533. The lowest BCUT2D eigenvalue weighted by Crippen LogP contribution is -2.15.